The molecule has 0 saturated carbocycles. The molecular weight excluding hydrogens is 266 g/mol. The average molecular weight is 293 g/mol. The van der Waals surface area contributed by atoms with Crippen LogP contribution in [0.25, 0.3) is 0 Å². The molecule has 1 aliphatic heterocycles. The minimum atomic E-state index is -0.430. The number of carbonyl (C=O) groups excluding carboxylic acids is 1. The van der Waals surface area contributed by atoms with E-state index in [0.29, 0.717) is 6.04 Å². The lowest BCUT2D eigenvalue weighted by Crippen LogP contribution is -2.50. The minimum Gasteiger partial charge on any atom is -0.444 e. The highest BCUT2D eigenvalue weighted by atomic mass is 16.6. The molecule has 2 heterocycles. The van der Waals surface area contributed by atoms with Gasteiger partial charge in [0.1, 0.15) is 5.60 Å². The third-order valence-corrected chi connectivity index (χ3v) is 3.76. The van der Waals surface area contributed by atoms with Crippen molar-refractivity contribution in [3.8, 4) is 0 Å². The predicted octanol–water partition coefficient (Wildman–Crippen LogP) is 2.89. The number of nitrogens with one attached hydrogen (secondary N) is 2. The van der Waals surface area contributed by atoms with E-state index in [1.54, 1.807) is 0 Å². The second-order valence-corrected chi connectivity index (χ2v) is 6.84. The lowest BCUT2D eigenvalue weighted by atomic mass is 9.98. The fraction of sp³-hybridized carbons (Fsp3) is 0.688. The summed E-state index contributed by atoms with van der Waals surface area (Å²) in [4.78, 5) is 17.1. The molecule has 1 aliphatic rings. The first-order valence-corrected chi connectivity index (χ1v) is 7.70. The summed E-state index contributed by atoms with van der Waals surface area (Å²) in [6.07, 6.45) is 5.67. The number of aromatic nitrogens is 1. The number of aromatic amines is 1. The van der Waals surface area contributed by atoms with Crippen LogP contribution in [-0.2, 0) is 11.3 Å². The van der Waals surface area contributed by atoms with Crippen LogP contribution in [0.1, 0.15) is 46.1 Å². The van der Waals surface area contributed by atoms with Gasteiger partial charge < -0.3 is 19.9 Å². The number of rotatable bonds is 3. The Kier molecular flexibility index (Phi) is 4.93. The Bertz CT molecular complexity index is 451. The number of nitrogens with zero attached hydrogens (tertiary/aromatic N) is 1. The zero-order valence-electron chi connectivity index (χ0n) is 13.5. The van der Waals surface area contributed by atoms with E-state index in [1.165, 1.54) is 5.56 Å². The molecule has 2 rings (SSSR count). The Morgan fingerprint density at radius 1 is 1.52 bits per heavy atom. The molecule has 5 nitrogen and oxygen atoms in total. The van der Waals surface area contributed by atoms with Crippen LogP contribution in [-0.4, -0.2) is 40.2 Å². The van der Waals surface area contributed by atoms with E-state index >= 15 is 0 Å². The van der Waals surface area contributed by atoms with E-state index in [1.807, 2.05) is 38.1 Å². The Morgan fingerprint density at radius 3 is 2.86 bits per heavy atom. The van der Waals surface area contributed by atoms with Crippen molar-refractivity contribution in [3.05, 3.63) is 24.0 Å². The van der Waals surface area contributed by atoms with Crippen molar-refractivity contribution < 1.29 is 9.53 Å². The monoisotopic (exact) mass is 293 g/mol. The normalized spacial score (nSPS) is 23.1. The third-order valence-electron chi connectivity index (χ3n) is 3.76. The largest absolute Gasteiger partial charge is 0.444 e. The first-order chi connectivity index (χ1) is 9.85. The van der Waals surface area contributed by atoms with Gasteiger partial charge in [0.15, 0.2) is 0 Å². The van der Waals surface area contributed by atoms with Crippen molar-refractivity contribution in [3.63, 3.8) is 0 Å². The first-order valence-electron chi connectivity index (χ1n) is 7.70. The zero-order valence-corrected chi connectivity index (χ0v) is 13.5. The maximum atomic E-state index is 12.2. The quantitative estimate of drug-likeness (QED) is 0.901. The molecule has 0 spiro atoms. The summed E-state index contributed by atoms with van der Waals surface area (Å²) in [5.41, 5.74) is 0.831. The van der Waals surface area contributed by atoms with Gasteiger partial charge >= 0.3 is 6.09 Å². The average Bonchev–Trinajstić information content (AvgIpc) is 2.87. The molecule has 2 unspecified atom stereocenters. The number of hydrogen-bond acceptors (Lipinski definition) is 3. The maximum Gasteiger partial charge on any atom is 0.410 e. The van der Waals surface area contributed by atoms with Gasteiger partial charge in [0.2, 0.25) is 0 Å². The molecule has 5 heteroatoms. The van der Waals surface area contributed by atoms with Gasteiger partial charge in [0.25, 0.3) is 0 Å². The number of H-pyrrole nitrogens is 1. The van der Waals surface area contributed by atoms with E-state index in [9.17, 15) is 4.79 Å². The molecule has 118 valence electrons. The summed E-state index contributed by atoms with van der Waals surface area (Å²) in [6.45, 7) is 9.42. The SMILES string of the molecule is CC1CC(NCc2cc[nH]c2)CCN1C(=O)OC(C)(C)C. The van der Waals surface area contributed by atoms with Gasteiger partial charge in [0.05, 0.1) is 0 Å². The molecule has 1 aromatic heterocycles. The van der Waals surface area contributed by atoms with Gasteiger partial charge in [-0.05, 0) is 52.2 Å². The minimum absolute atomic E-state index is 0.195. The highest BCUT2D eigenvalue weighted by Gasteiger charge is 2.31. The molecule has 1 saturated heterocycles. The van der Waals surface area contributed by atoms with Crippen LogP contribution in [0, 0.1) is 0 Å². The molecule has 0 bridgehead atoms. The van der Waals surface area contributed by atoms with E-state index in [4.69, 9.17) is 4.74 Å². The summed E-state index contributed by atoms with van der Waals surface area (Å²) < 4.78 is 5.46. The van der Waals surface area contributed by atoms with Crippen molar-refractivity contribution in [1.82, 2.24) is 15.2 Å². The van der Waals surface area contributed by atoms with Crippen molar-refractivity contribution in [2.45, 2.75) is 64.8 Å². The number of hydrogen-bond donors (Lipinski definition) is 2. The molecule has 1 amide bonds. The van der Waals surface area contributed by atoms with Crippen LogP contribution in [0.3, 0.4) is 0 Å². The highest BCUT2D eigenvalue weighted by Crippen LogP contribution is 2.20. The first kappa shape index (κ1) is 15.9. The molecule has 0 aromatic carbocycles. The van der Waals surface area contributed by atoms with Crippen LogP contribution in [0.15, 0.2) is 18.5 Å². The fourth-order valence-electron chi connectivity index (χ4n) is 2.68. The second kappa shape index (κ2) is 6.52. The van der Waals surface area contributed by atoms with Crippen LogP contribution in [0.4, 0.5) is 4.79 Å². The Morgan fingerprint density at radius 2 is 2.29 bits per heavy atom. The van der Waals surface area contributed by atoms with E-state index in [0.717, 1.165) is 25.9 Å². The van der Waals surface area contributed by atoms with Gasteiger partial charge in [-0.2, -0.15) is 0 Å². The second-order valence-electron chi connectivity index (χ2n) is 6.84. The van der Waals surface area contributed by atoms with E-state index in [2.05, 4.69) is 23.3 Å². The van der Waals surface area contributed by atoms with Crippen LogP contribution < -0.4 is 5.32 Å². The summed E-state index contributed by atoms with van der Waals surface area (Å²) in [5, 5.41) is 3.56. The fourth-order valence-corrected chi connectivity index (χ4v) is 2.68. The lowest BCUT2D eigenvalue weighted by molar-refractivity contribution is 0.00932. The molecule has 1 fully saturated rings. The van der Waals surface area contributed by atoms with E-state index < -0.39 is 5.60 Å². The molecule has 0 aliphatic carbocycles. The molecule has 0 radical (unpaired) electrons. The molecule has 1 aromatic rings. The van der Waals surface area contributed by atoms with Crippen molar-refractivity contribution >= 4 is 6.09 Å². The summed E-state index contributed by atoms with van der Waals surface area (Å²) in [7, 11) is 0. The number of likely N-dealkylation sites (tertiary alicyclic amines) is 1. The maximum absolute atomic E-state index is 12.2. The topological polar surface area (TPSA) is 57.4 Å². The molecule has 2 atom stereocenters. The standard InChI is InChI=1S/C16H27N3O2/c1-12-9-14(18-11-13-5-7-17-10-13)6-8-19(12)15(20)21-16(2,3)4/h5,7,10,12,14,17-18H,6,8-9,11H2,1-4H3. The van der Waals surface area contributed by atoms with E-state index in [-0.39, 0.29) is 12.1 Å². The van der Waals surface area contributed by atoms with Gasteiger partial charge in [-0.15, -0.1) is 0 Å². The Balaban J connectivity index is 1.80. The third kappa shape index (κ3) is 4.77. The predicted molar refractivity (Wildman–Crippen MR) is 83.1 cm³/mol. The van der Waals surface area contributed by atoms with Crippen molar-refractivity contribution in [1.29, 1.82) is 0 Å². The smallest absolute Gasteiger partial charge is 0.410 e. The summed E-state index contributed by atoms with van der Waals surface area (Å²) in [6, 6.07) is 2.73. The molecule has 21 heavy (non-hydrogen) atoms. The Labute approximate surface area is 127 Å². The van der Waals surface area contributed by atoms with Crippen LogP contribution in [0.2, 0.25) is 0 Å². The van der Waals surface area contributed by atoms with Crippen molar-refractivity contribution in [2.24, 2.45) is 0 Å². The molecule has 2 N–H and O–H groups in total. The number of ether oxygens (including phenoxy) is 1. The van der Waals surface area contributed by atoms with Crippen LogP contribution >= 0.6 is 0 Å². The Hall–Kier alpha value is -1.49. The van der Waals surface area contributed by atoms with Gasteiger partial charge in [-0.3, -0.25) is 0 Å². The number of carbonyl (C=O) groups is 1. The zero-order chi connectivity index (χ0) is 15.5. The number of amides is 1. The van der Waals surface area contributed by atoms with Crippen LogP contribution in [0.5, 0.6) is 0 Å². The van der Waals surface area contributed by atoms with Gasteiger partial charge in [0, 0.05) is 37.6 Å². The highest BCUT2D eigenvalue weighted by molar-refractivity contribution is 5.68. The number of piperidine rings is 1. The van der Waals surface area contributed by atoms with Gasteiger partial charge in [-0.25, -0.2) is 4.79 Å². The molecular formula is C16H27N3O2. The lowest BCUT2D eigenvalue weighted by Gasteiger charge is -2.38. The van der Waals surface area contributed by atoms with Crippen molar-refractivity contribution in [2.75, 3.05) is 6.54 Å². The van der Waals surface area contributed by atoms with Gasteiger partial charge in [-0.1, -0.05) is 0 Å². The summed E-state index contributed by atoms with van der Waals surface area (Å²) >= 11 is 0. The summed E-state index contributed by atoms with van der Waals surface area (Å²) in [5.74, 6) is 0.